The van der Waals surface area contributed by atoms with Gasteiger partial charge in [0.15, 0.2) is 6.61 Å². The number of nitrogens with one attached hydrogen (secondary N) is 1. The summed E-state index contributed by atoms with van der Waals surface area (Å²) in [6.07, 6.45) is 0. The number of para-hydroxylation sites is 1. The van der Waals surface area contributed by atoms with Gasteiger partial charge in [-0.3, -0.25) is 9.59 Å². The number of thiophene rings is 1. The number of carbonyl (C=O) groups excluding carboxylic acids is 2. The average molecular weight is 378 g/mol. The third-order valence-electron chi connectivity index (χ3n) is 3.31. The van der Waals surface area contributed by atoms with Gasteiger partial charge in [0.1, 0.15) is 16.8 Å². The quantitative estimate of drug-likeness (QED) is 0.866. The topological polar surface area (TPSA) is 82.4 Å². The summed E-state index contributed by atoms with van der Waals surface area (Å²) in [5.74, 6) is -0.265. The largest absolute Gasteiger partial charge is 0.482 e. The number of ether oxygens (including phenoxy) is 1. The molecule has 0 spiro atoms. The van der Waals surface area contributed by atoms with Crippen molar-refractivity contribution in [1.82, 2.24) is 4.90 Å². The van der Waals surface area contributed by atoms with Crippen LogP contribution in [-0.4, -0.2) is 37.4 Å². The average Bonchev–Trinajstić information content (AvgIpc) is 2.88. The van der Waals surface area contributed by atoms with E-state index in [1.54, 1.807) is 45.3 Å². The van der Waals surface area contributed by atoms with Gasteiger partial charge in [0.05, 0.1) is 15.5 Å². The minimum Gasteiger partial charge on any atom is -0.482 e. The van der Waals surface area contributed by atoms with E-state index in [1.807, 2.05) is 6.07 Å². The number of anilines is 1. The summed E-state index contributed by atoms with van der Waals surface area (Å²) in [6, 6.07) is 8.84. The lowest BCUT2D eigenvalue weighted by Gasteiger charge is -2.08. The predicted octanol–water partition coefficient (Wildman–Crippen LogP) is 3.30. The second-order valence-electron chi connectivity index (χ2n) is 5.34. The van der Waals surface area contributed by atoms with E-state index >= 15 is 0 Å². The van der Waals surface area contributed by atoms with Gasteiger partial charge in [-0.25, -0.2) is 0 Å². The Morgan fingerprint density at radius 1 is 1.36 bits per heavy atom. The van der Waals surface area contributed by atoms with E-state index in [0.29, 0.717) is 26.2 Å². The number of carbonyl (C=O) groups is 2. The Morgan fingerprint density at radius 3 is 2.64 bits per heavy atom. The lowest BCUT2D eigenvalue weighted by atomic mass is 10.1. The van der Waals surface area contributed by atoms with E-state index < -0.39 is 5.91 Å². The molecule has 1 aromatic heterocycles. The van der Waals surface area contributed by atoms with Crippen LogP contribution in [0, 0.1) is 18.3 Å². The smallest absolute Gasteiger partial charge is 0.263 e. The fraction of sp³-hybridized carbons (Fsp3) is 0.235. The highest BCUT2D eigenvalue weighted by molar-refractivity contribution is 7.18. The fourth-order valence-corrected chi connectivity index (χ4v) is 3.40. The molecule has 0 aliphatic carbocycles. The first-order valence-corrected chi connectivity index (χ1v) is 8.47. The maximum atomic E-state index is 12.2. The van der Waals surface area contributed by atoms with Crippen LogP contribution in [0.15, 0.2) is 24.3 Å². The van der Waals surface area contributed by atoms with E-state index in [0.717, 1.165) is 11.3 Å². The van der Waals surface area contributed by atoms with Crippen molar-refractivity contribution < 1.29 is 14.3 Å². The minimum atomic E-state index is -0.443. The van der Waals surface area contributed by atoms with Crippen molar-refractivity contribution in [2.45, 2.75) is 6.92 Å². The van der Waals surface area contributed by atoms with Crippen LogP contribution >= 0.6 is 22.9 Å². The molecule has 0 atom stereocenters. The number of benzene rings is 1. The molecule has 0 aliphatic rings. The van der Waals surface area contributed by atoms with Crippen molar-refractivity contribution in [3.8, 4) is 11.8 Å². The number of hydrogen-bond acceptors (Lipinski definition) is 5. The summed E-state index contributed by atoms with van der Waals surface area (Å²) < 4.78 is 5.37. The zero-order chi connectivity index (χ0) is 18.6. The summed E-state index contributed by atoms with van der Waals surface area (Å²) in [5.41, 5.74) is 0.829. The SMILES string of the molecule is Cc1c(C(=O)N(C)C)sc(NC(=O)COc2ccccc2Cl)c1C#N. The number of nitrogens with zero attached hydrogens (tertiary/aromatic N) is 2. The third kappa shape index (κ3) is 4.29. The van der Waals surface area contributed by atoms with Crippen molar-refractivity contribution >= 4 is 39.8 Å². The van der Waals surface area contributed by atoms with Gasteiger partial charge in [-0.1, -0.05) is 23.7 Å². The fourth-order valence-electron chi connectivity index (χ4n) is 2.01. The van der Waals surface area contributed by atoms with Crippen LogP contribution in [0.2, 0.25) is 5.02 Å². The molecule has 0 saturated heterocycles. The zero-order valence-electron chi connectivity index (χ0n) is 13.9. The summed E-state index contributed by atoms with van der Waals surface area (Å²) in [6.45, 7) is 1.42. The van der Waals surface area contributed by atoms with Crippen molar-refractivity contribution in [3.63, 3.8) is 0 Å². The van der Waals surface area contributed by atoms with Crippen LogP contribution in [0.5, 0.6) is 5.75 Å². The first-order valence-electron chi connectivity index (χ1n) is 7.27. The van der Waals surface area contributed by atoms with E-state index in [9.17, 15) is 14.9 Å². The lowest BCUT2D eigenvalue weighted by molar-refractivity contribution is -0.118. The molecule has 0 unspecified atom stereocenters. The minimum absolute atomic E-state index is 0.216. The summed E-state index contributed by atoms with van der Waals surface area (Å²) in [7, 11) is 3.26. The van der Waals surface area contributed by atoms with Gasteiger partial charge in [0, 0.05) is 14.1 Å². The Hall–Kier alpha value is -2.56. The highest BCUT2D eigenvalue weighted by atomic mass is 35.5. The van der Waals surface area contributed by atoms with Crippen LogP contribution < -0.4 is 10.1 Å². The molecular weight excluding hydrogens is 362 g/mol. The van der Waals surface area contributed by atoms with Gasteiger partial charge in [-0.2, -0.15) is 5.26 Å². The summed E-state index contributed by atoms with van der Waals surface area (Å²) in [5, 5.41) is 12.7. The molecular formula is C17H16ClN3O3S. The highest BCUT2D eigenvalue weighted by Gasteiger charge is 2.22. The monoisotopic (exact) mass is 377 g/mol. The van der Waals surface area contributed by atoms with Crippen LogP contribution in [-0.2, 0) is 4.79 Å². The van der Waals surface area contributed by atoms with Crippen LogP contribution in [0.3, 0.4) is 0 Å². The number of nitriles is 1. The summed E-state index contributed by atoms with van der Waals surface area (Å²) in [4.78, 5) is 26.1. The molecule has 0 radical (unpaired) electrons. The van der Waals surface area contributed by atoms with Crippen LogP contribution in [0.1, 0.15) is 20.8 Å². The first-order chi connectivity index (χ1) is 11.8. The zero-order valence-corrected chi connectivity index (χ0v) is 15.5. The van der Waals surface area contributed by atoms with Gasteiger partial charge < -0.3 is 15.0 Å². The Labute approximate surface area is 154 Å². The van der Waals surface area contributed by atoms with E-state index in [1.165, 1.54) is 4.90 Å². The molecule has 1 heterocycles. The standard InChI is InChI=1S/C17H16ClN3O3S/c1-10-11(8-19)16(25-15(10)17(23)21(2)3)20-14(22)9-24-13-7-5-4-6-12(13)18/h4-7H,9H2,1-3H3,(H,20,22). The Balaban J connectivity index is 2.13. The predicted molar refractivity (Wildman–Crippen MR) is 97.4 cm³/mol. The van der Waals surface area contributed by atoms with Gasteiger partial charge in [-0.15, -0.1) is 11.3 Å². The van der Waals surface area contributed by atoms with Crippen LogP contribution in [0.4, 0.5) is 5.00 Å². The number of rotatable bonds is 5. The molecule has 1 aromatic carbocycles. The van der Waals surface area contributed by atoms with E-state index in [4.69, 9.17) is 16.3 Å². The molecule has 0 aliphatic heterocycles. The molecule has 2 rings (SSSR count). The molecule has 25 heavy (non-hydrogen) atoms. The maximum absolute atomic E-state index is 12.2. The van der Waals surface area contributed by atoms with Crippen molar-refractivity contribution in [1.29, 1.82) is 5.26 Å². The molecule has 130 valence electrons. The molecule has 6 nitrogen and oxygen atoms in total. The Bertz CT molecular complexity index is 855. The number of hydrogen-bond donors (Lipinski definition) is 1. The first kappa shape index (κ1) is 18.8. The molecule has 0 bridgehead atoms. The van der Waals surface area contributed by atoms with Crippen molar-refractivity contribution in [3.05, 3.63) is 45.3 Å². The van der Waals surface area contributed by atoms with Crippen molar-refractivity contribution in [2.24, 2.45) is 0 Å². The van der Waals surface area contributed by atoms with Gasteiger partial charge in [-0.05, 0) is 24.6 Å². The molecule has 2 amide bonds. The second-order valence-corrected chi connectivity index (χ2v) is 6.77. The maximum Gasteiger partial charge on any atom is 0.263 e. The molecule has 2 aromatic rings. The second kappa shape index (κ2) is 8.01. The molecule has 0 fully saturated rings. The molecule has 0 saturated carbocycles. The Kier molecular flexibility index (Phi) is 6.02. The lowest BCUT2D eigenvalue weighted by Crippen LogP contribution is -2.21. The van der Waals surface area contributed by atoms with Crippen molar-refractivity contribution in [2.75, 3.05) is 26.0 Å². The Morgan fingerprint density at radius 2 is 2.04 bits per heavy atom. The highest BCUT2D eigenvalue weighted by Crippen LogP contribution is 2.33. The third-order valence-corrected chi connectivity index (χ3v) is 4.81. The number of amides is 2. The van der Waals surface area contributed by atoms with E-state index in [2.05, 4.69) is 5.32 Å². The number of halogens is 1. The molecule has 1 N–H and O–H groups in total. The van der Waals surface area contributed by atoms with Gasteiger partial charge >= 0.3 is 0 Å². The molecule has 8 heteroatoms. The van der Waals surface area contributed by atoms with Gasteiger partial charge in [0.2, 0.25) is 0 Å². The van der Waals surface area contributed by atoms with Gasteiger partial charge in [0.25, 0.3) is 11.8 Å². The van der Waals surface area contributed by atoms with E-state index in [-0.39, 0.29) is 18.1 Å². The van der Waals surface area contributed by atoms with Crippen LogP contribution in [0.25, 0.3) is 0 Å². The normalized spacial score (nSPS) is 10.0. The summed E-state index contributed by atoms with van der Waals surface area (Å²) >= 11 is 7.04.